The molecule has 0 saturated heterocycles. The highest BCUT2D eigenvalue weighted by molar-refractivity contribution is 7.18. The third-order valence-corrected chi connectivity index (χ3v) is 6.47. The predicted molar refractivity (Wildman–Crippen MR) is 128 cm³/mol. The third-order valence-electron chi connectivity index (χ3n) is 4.49. The van der Waals surface area contributed by atoms with Gasteiger partial charge in [0, 0.05) is 0 Å². The fraction of sp³-hybridized carbons (Fsp3) is 0.261. The number of amides is 1. The smallest absolute Gasteiger partial charge is 0.348 e. The van der Waals surface area contributed by atoms with Crippen molar-refractivity contribution in [3.63, 3.8) is 0 Å². The average molecular weight is 526 g/mol. The van der Waals surface area contributed by atoms with Crippen molar-refractivity contribution in [1.82, 2.24) is 0 Å². The Morgan fingerprint density at radius 1 is 1.03 bits per heavy atom. The SMILES string of the molecule is CCOC(=O)c1sc(NC(=O)c2ccc(COc3cccc(Cl)c3Cl)o2)c(C(=O)OCC)c1C. The van der Waals surface area contributed by atoms with Gasteiger partial charge in [-0.15, -0.1) is 11.3 Å². The van der Waals surface area contributed by atoms with Gasteiger partial charge in [-0.1, -0.05) is 29.3 Å². The maximum Gasteiger partial charge on any atom is 0.348 e. The fourth-order valence-electron chi connectivity index (χ4n) is 2.93. The summed E-state index contributed by atoms with van der Waals surface area (Å²) < 4.78 is 21.3. The number of thiophene rings is 1. The summed E-state index contributed by atoms with van der Waals surface area (Å²) in [6.07, 6.45) is 0. The molecule has 11 heteroatoms. The highest BCUT2D eigenvalue weighted by Gasteiger charge is 2.28. The van der Waals surface area contributed by atoms with Crippen molar-refractivity contribution in [2.45, 2.75) is 27.4 Å². The number of anilines is 1. The van der Waals surface area contributed by atoms with Crippen LogP contribution in [0.5, 0.6) is 5.75 Å². The van der Waals surface area contributed by atoms with Gasteiger partial charge in [0.1, 0.15) is 33.0 Å². The minimum Gasteiger partial charge on any atom is -0.484 e. The first-order valence-corrected chi connectivity index (χ1v) is 11.8. The molecule has 1 amide bonds. The Morgan fingerprint density at radius 3 is 2.44 bits per heavy atom. The zero-order valence-electron chi connectivity index (χ0n) is 18.5. The van der Waals surface area contributed by atoms with Gasteiger partial charge in [-0.25, -0.2) is 9.59 Å². The molecule has 1 aromatic carbocycles. The number of ether oxygens (including phenoxy) is 3. The molecule has 0 unspecified atom stereocenters. The molecule has 0 atom stereocenters. The summed E-state index contributed by atoms with van der Waals surface area (Å²) in [5.41, 5.74) is 0.457. The van der Waals surface area contributed by atoms with Crippen LogP contribution in [0.25, 0.3) is 0 Å². The molecule has 0 radical (unpaired) electrons. The average Bonchev–Trinajstić information content (AvgIpc) is 3.40. The maximum atomic E-state index is 12.8. The summed E-state index contributed by atoms with van der Waals surface area (Å²) in [7, 11) is 0. The molecule has 3 aromatic rings. The molecule has 3 rings (SSSR count). The predicted octanol–water partition coefficient (Wildman–Crippen LogP) is 6.14. The number of halogens is 2. The topological polar surface area (TPSA) is 104 Å². The monoisotopic (exact) mass is 525 g/mol. The van der Waals surface area contributed by atoms with Crippen molar-refractivity contribution in [3.8, 4) is 5.75 Å². The molecule has 0 bridgehead atoms. The van der Waals surface area contributed by atoms with Crippen LogP contribution in [0.2, 0.25) is 10.0 Å². The number of benzene rings is 1. The normalized spacial score (nSPS) is 10.6. The molecular formula is C23H21Cl2NO7S. The molecule has 0 aliphatic carbocycles. The van der Waals surface area contributed by atoms with Crippen molar-refractivity contribution >= 4 is 57.4 Å². The molecule has 2 aromatic heterocycles. The van der Waals surface area contributed by atoms with Gasteiger partial charge in [-0.05, 0) is 50.6 Å². The molecule has 0 aliphatic rings. The Labute approximate surface area is 209 Å². The van der Waals surface area contributed by atoms with Gasteiger partial charge in [0.25, 0.3) is 5.91 Å². The van der Waals surface area contributed by atoms with Gasteiger partial charge in [0.2, 0.25) is 0 Å². The van der Waals surface area contributed by atoms with Crippen LogP contribution >= 0.6 is 34.5 Å². The number of furan rings is 1. The molecule has 2 heterocycles. The van der Waals surface area contributed by atoms with Crippen LogP contribution in [0.3, 0.4) is 0 Å². The fourth-order valence-corrected chi connectivity index (χ4v) is 4.36. The van der Waals surface area contributed by atoms with E-state index in [1.54, 1.807) is 45.0 Å². The van der Waals surface area contributed by atoms with Gasteiger partial charge >= 0.3 is 11.9 Å². The summed E-state index contributed by atoms with van der Waals surface area (Å²) in [6, 6.07) is 8.02. The quantitative estimate of drug-likeness (QED) is 0.334. The number of hydrogen-bond acceptors (Lipinski definition) is 8. The number of hydrogen-bond donors (Lipinski definition) is 1. The lowest BCUT2D eigenvalue weighted by molar-refractivity contribution is 0.0527. The van der Waals surface area contributed by atoms with Crippen LogP contribution in [-0.2, 0) is 16.1 Å². The standard InChI is InChI=1S/C23H21Cl2NO7S/c1-4-30-22(28)17-12(3)19(23(29)31-5-2)34-21(17)26-20(27)16-10-9-13(33-16)11-32-15-8-6-7-14(24)18(15)25/h6-10H,4-5,11H2,1-3H3,(H,26,27). The van der Waals surface area contributed by atoms with E-state index in [2.05, 4.69) is 5.32 Å². The number of carbonyl (C=O) groups is 3. The van der Waals surface area contributed by atoms with Crippen molar-refractivity contribution in [3.05, 3.63) is 67.9 Å². The molecule has 8 nitrogen and oxygen atoms in total. The van der Waals surface area contributed by atoms with Crippen molar-refractivity contribution in [2.75, 3.05) is 18.5 Å². The van der Waals surface area contributed by atoms with Crippen molar-refractivity contribution in [1.29, 1.82) is 0 Å². The summed E-state index contributed by atoms with van der Waals surface area (Å²) in [6.45, 7) is 5.24. The maximum absolute atomic E-state index is 12.8. The Hall–Kier alpha value is -3.01. The minimum absolute atomic E-state index is 0.00648. The summed E-state index contributed by atoms with van der Waals surface area (Å²) >= 11 is 13.0. The second-order valence-electron chi connectivity index (χ2n) is 6.76. The minimum atomic E-state index is -0.658. The van der Waals surface area contributed by atoms with E-state index in [1.165, 1.54) is 6.07 Å². The van der Waals surface area contributed by atoms with E-state index >= 15 is 0 Å². The summed E-state index contributed by atoms with van der Waals surface area (Å²) in [5.74, 6) is -1.15. The highest BCUT2D eigenvalue weighted by Crippen LogP contribution is 2.35. The van der Waals surface area contributed by atoms with Crippen LogP contribution in [0.4, 0.5) is 5.00 Å². The van der Waals surface area contributed by atoms with Crippen LogP contribution in [0.1, 0.15) is 55.8 Å². The van der Waals surface area contributed by atoms with E-state index in [-0.39, 0.29) is 46.0 Å². The lowest BCUT2D eigenvalue weighted by atomic mass is 10.1. The molecule has 34 heavy (non-hydrogen) atoms. The van der Waals surface area contributed by atoms with E-state index in [0.29, 0.717) is 22.1 Å². The third kappa shape index (κ3) is 5.72. The van der Waals surface area contributed by atoms with Gasteiger partial charge in [-0.2, -0.15) is 0 Å². The molecule has 180 valence electrons. The molecule has 0 spiro atoms. The van der Waals surface area contributed by atoms with Crippen molar-refractivity contribution in [2.24, 2.45) is 0 Å². The van der Waals surface area contributed by atoms with Gasteiger partial charge in [0.05, 0.1) is 23.8 Å². The Morgan fingerprint density at radius 2 is 1.74 bits per heavy atom. The van der Waals surface area contributed by atoms with E-state index < -0.39 is 17.8 Å². The van der Waals surface area contributed by atoms with Crippen LogP contribution < -0.4 is 10.1 Å². The lowest BCUT2D eigenvalue weighted by Crippen LogP contribution is -2.14. The van der Waals surface area contributed by atoms with Crippen LogP contribution in [0, 0.1) is 6.92 Å². The van der Waals surface area contributed by atoms with Crippen LogP contribution in [0.15, 0.2) is 34.7 Å². The second-order valence-corrected chi connectivity index (χ2v) is 8.57. The highest BCUT2D eigenvalue weighted by atomic mass is 35.5. The van der Waals surface area contributed by atoms with Crippen molar-refractivity contribution < 1.29 is 33.0 Å². The number of esters is 2. The number of nitrogens with one attached hydrogen (secondary N) is 1. The Bertz CT molecular complexity index is 1220. The Balaban J connectivity index is 1.78. The first-order valence-electron chi connectivity index (χ1n) is 10.2. The lowest BCUT2D eigenvalue weighted by Gasteiger charge is -2.07. The van der Waals surface area contributed by atoms with E-state index in [0.717, 1.165) is 11.3 Å². The van der Waals surface area contributed by atoms with E-state index in [1.807, 2.05) is 0 Å². The zero-order chi connectivity index (χ0) is 24.8. The van der Waals surface area contributed by atoms with Gasteiger partial charge < -0.3 is 23.9 Å². The summed E-state index contributed by atoms with van der Waals surface area (Å²) in [5, 5.41) is 3.40. The Kier molecular flexibility index (Phi) is 8.60. The largest absolute Gasteiger partial charge is 0.484 e. The molecule has 1 N–H and O–H groups in total. The number of rotatable bonds is 9. The zero-order valence-corrected chi connectivity index (χ0v) is 20.9. The number of carbonyl (C=O) groups excluding carboxylic acids is 3. The van der Waals surface area contributed by atoms with Crippen LogP contribution in [-0.4, -0.2) is 31.1 Å². The van der Waals surface area contributed by atoms with E-state index in [4.69, 9.17) is 41.8 Å². The second kappa shape index (κ2) is 11.4. The molecule has 0 fully saturated rings. The first kappa shape index (κ1) is 25.6. The molecular weight excluding hydrogens is 505 g/mol. The summed E-state index contributed by atoms with van der Waals surface area (Å²) in [4.78, 5) is 37.8. The van der Waals surface area contributed by atoms with Gasteiger partial charge in [-0.3, -0.25) is 4.79 Å². The first-order chi connectivity index (χ1) is 16.3. The van der Waals surface area contributed by atoms with E-state index in [9.17, 15) is 14.4 Å². The molecule has 0 aliphatic heterocycles. The van der Waals surface area contributed by atoms with Gasteiger partial charge in [0.15, 0.2) is 5.76 Å². The molecule has 0 saturated carbocycles.